The third-order valence-corrected chi connectivity index (χ3v) is 5.73. The fourth-order valence-corrected chi connectivity index (χ4v) is 3.85. The van der Waals surface area contributed by atoms with Crippen molar-refractivity contribution in [1.29, 1.82) is 0 Å². The Morgan fingerprint density at radius 3 is 2.09 bits per heavy atom. The van der Waals surface area contributed by atoms with Gasteiger partial charge in [-0.15, -0.1) is 0 Å². The molecule has 10 nitrogen and oxygen atoms in total. The molecule has 1 saturated carbocycles. The van der Waals surface area contributed by atoms with Crippen molar-refractivity contribution in [2.24, 2.45) is 11.8 Å². The molecule has 1 rings (SSSR count). The fraction of sp³-hybridized carbons (Fsp3) is 0.773. The summed E-state index contributed by atoms with van der Waals surface area (Å²) in [5.74, 6) is -3.02. The quantitative estimate of drug-likeness (QED) is 0.253. The van der Waals surface area contributed by atoms with Crippen molar-refractivity contribution in [1.82, 2.24) is 16.0 Å². The van der Waals surface area contributed by atoms with Crippen LogP contribution in [0.1, 0.15) is 72.1 Å². The van der Waals surface area contributed by atoms with Crippen LogP contribution in [-0.4, -0.2) is 64.4 Å². The molecule has 182 valence electrons. The van der Waals surface area contributed by atoms with Gasteiger partial charge < -0.3 is 31.0 Å². The number of amides is 3. The largest absolute Gasteiger partial charge is 0.481 e. The number of carbonyl (C=O) groups excluding carboxylic acids is 4. The molecule has 0 aliphatic heterocycles. The van der Waals surface area contributed by atoms with Crippen molar-refractivity contribution in [2.75, 3.05) is 0 Å². The Morgan fingerprint density at radius 1 is 0.938 bits per heavy atom. The lowest BCUT2D eigenvalue weighted by Crippen LogP contribution is -2.56. The summed E-state index contributed by atoms with van der Waals surface area (Å²) in [6.45, 7) is 4.88. The minimum Gasteiger partial charge on any atom is -0.481 e. The summed E-state index contributed by atoms with van der Waals surface area (Å²) < 4.78 is 0. The molecule has 0 aromatic rings. The van der Waals surface area contributed by atoms with Gasteiger partial charge in [-0.2, -0.15) is 0 Å². The van der Waals surface area contributed by atoms with E-state index in [1.807, 2.05) is 0 Å². The van der Waals surface area contributed by atoms with Crippen molar-refractivity contribution in [3.63, 3.8) is 0 Å². The van der Waals surface area contributed by atoms with Crippen LogP contribution in [0.15, 0.2) is 0 Å². The SMILES string of the molecule is CC(C)[C@H](NC(=O)C(O)CC1CCCCC1)C(=O)N[C@@H](C)C(=O)N[C@H](CC=O)CC(=O)O. The van der Waals surface area contributed by atoms with E-state index in [9.17, 15) is 29.1 Å². The number of carboxylic acid groups (broad SMARTS) is 1. The van der Waals surface area contributed by atoms with Gasteiger partial charge >= 0.3 is 5.97 Å². The molecule has 0 aromatic carbocycles. The second-order valence-electron chi connectivity index (χ2n) is 8.92. The highest BCUT2D eigenvalue weighted by Crippen LogP contribution is 2.27. The van der Waals surface area contributed by atoms with E-state index in [-0.39, 0.29) is 12.3 Å². The van der Waals surface area contributed by atoms with Gasteiger partial charge in [0.1, 0.15) is 24.5 Å². The molecule has 32 heavy (non-hydrogen) atoms. The minimum atomic E-state index is -1.20. The van der Waals surface area contributed by atoms with Crippen LogP contribution in [-0.2, 0) is 24.0 Å². The van der Waals surface area contributed by atoms with E-state index in [2.05, 4.69) is 16.0 Å². The van der Waals surface area contributed by atoms with Crippen LogP contribution in [0.5, 0.6) is 0 Å². The van der Waals surface area contributed by atoms with Crippen molar-refractivity contribution >= 4 is 30.0 Å². The Kier molecular flexibility index (Phi) is 11.9. The maximum Gasteiger partial charge on any atom is 0.305 e. The lowest BCUT2D eigenvalue weighted by molar-refractivity contribution is -0.138. The van der Waals surface area contributed by atoms with Crippen LogP contribution in [0.3, 0.4) is 0 Å². The van der Waals surface area contributed by atoms with E-state index < -0.39 is 54.3 Å². The lowest BCUT2D eigenvalue weighted by Gasteiger charge is -2.27. The number of carboxylic acids is 1. The zero-order valence-electron chi connectivity index (χ0n) is 19.1. The second-order valence-corrected chi connectivity index (χ2v) is 8.92. The molecular weight excluding hydrogens is 418 g/mol. The first-order valence-corrected chi connectivity index (χ1v) is 11.3. The average Bonchev–Trinajstić information content (AvgIpc) is 2.71. The van der Waals surface area contributed by atoms with Crippen LogP contribution >= 0.6 is 0 Å². The van der Waals surface area contributed by atoms with Gasteiger partial charge in [-0.1, -0.05) is 46.0 Å². The average molecular weight is 456 g/mol. The first-order valence-electron chi connectivity index (χ1n) is 11.3. The number of aliphatic carboxylic acids is 1. The molecule has 0 radical (unpaired) electrons. The molecule has 3 amide bonds. The second kappa shape index (κ2) is 13.8. The molecule has 1 fully saturated rings. The zero-order chi connectivity index (χ0) is 24.3. The third kappa shape index (κ3) is 9.76. The highest BCUT2D eigenvalue weighted by atomic mass is 16.4. The van der Waals surface area contributed by atoms with E-state index in [1.54, 1.807) is 13.8 Å². The summed E-state index contributed by atoms with van der Waals surface area (Å²) in [5.41, 5.74) is 0. The molecule has 1 aliphatic rings. The number of carbonyl (C=O) groups is 5. The van der Waals surface area contributed by atoms with Gasteiger partial charge in [0.2, 0.25) is 17.7 Å². The number of hydrogen-bond donors (Lipinski definition) is 5. The maximum absolute atomic E-state index is 12.7. The predicted octanol–water partition coefficient (Wildman–Crippen LogP) is 0.512. The van der Waals surface area contributed by atoms with Gasteiger partial charge in [0.05, 0.1) is 6.42 Å². The Labute approximate surface area is 188 Å². The molecule has 1 aliphatic carbocycles. The van der Waals surface area contributed by atoms with Crippen molar-refractivity contribution in [3.8, 4) is 0 Å². The summed E-state index contributed by atoms with van der Waals surface area (Å²) in [5, 5.41) is 26.7. The Balaban J connectivity index is 2.64. The van der Waals surface area contributed by atoms with Gasteiger partial charge in [0.25, 0.3) is 0 Å². The molecular formula is C22H37N3O7. The van der Waals surface area contributed by atoms with E-state index in [1.165, 1.54) is 13.3 Å². The zero-order valence-corrected chi connectivity index (χ0v) is 19.1. The normalized spacial score (nSPS) is 18.2. The number of aliphatic hydroxyl groups is 1. The molecule has 0 spiro atoms. The third-order valence-electron chi connectivity index (χ3n) is 5.73. The predicted molar refractivity (Wildman–Crippen MR) is 116 cm³/mol. The maximum atomic E-state index is 12.7. The molecule has 0 heterocycles. The molecule has 5 N–H and O–H groups in total. The van der Waals surface area contributed by atoms with Crippen molar-refractivity contribution in [2.45, 2.75) is 96.4 Å². The number of nitrogens with one attached hydrogen (secondary N) is 3. The number of aliphatic hydroxyl groups excluding tert-OH is 1. The highest BCUT2D eigenvalue weighted by Gasteiger charge is 2.30. The summed E-state index contributed by atoms with van der Waals surface area (Å²) in [7, 11) is 0. The standard InChI is InChI=1S/C22H37N3O7/c1-13(2)19(25-21(31)17(27)11-15-7-5-4-6-8-15)22(32)23-14(3)20(30)24-16(9-10-26)12-18(28)29/h10,13-17,19,27H,4-9,11-12H2,1-3H3,(H,23,32)(H,24,30)(H,25,31)(H,28,29)/t14-,16+,17?,19-/m0/s1. The monoisotopic (exact) mass is 455 g/mol. The molecule has 10 heteroatoms. The van der Waals surface area contributed by atoms with Crippen LogP contribution < -0.4 is 16.0 Å². The van der Waals surface area contributed by atoms with E-state index in [0.29, 0.717) is 18.6 Å². The Morgan fingerprint density at radius 2 is 1.56 bits per heavy atom. The van der Waals surface area contributed by atoms with Gasteiger partial charge in [-0.25, -0.2) is 0 Å². The molecule has 0 bridgehead atoms. The Bertz CT molecular complexity index is 662. The van der Waals surface area contributed by atoms with Gasteiger partial charge in [-0.05, 0) is 25.2 Å². The molecule has 0 aromatic heterocycles. The Hall–Kier alpha value is -2.49. The van der Waals surface area contributed by atoms with E-state index >= 15 is 0 Å². The number of aldehydes is 1. The van der Waals surface area contributed by atoms with E-state index in [0.717, 1.165) is 25.7 Å². The smallest absolute Gasteiger partial charge is 0.305 e. The topological polar surface area (TPSA) is 162 Å². The first-order chi connectivity index (χ1) is 15.0. The van der Waals surface area contributed by atoms with Gasteiger partial charge in [0, 0.05) is 12.5 Å². The minimum absolute atomic E-state index is 0.164. The molecule has 0 saturated heterocycles. The van der Waals surface area contributed by atoms with Crippen LogP contribution in [0, 0.1) is 11.8 Å². The summed E-state index contributed by atoms with van der Waals surface area (Å²) in [6, 6.07) is -2.85. The number of hydrogen-bond acceptors (Lipinski definition) is 6. The summed E-state index contributed by atoms with van der Waals surface area (Å²) >= 11 is 0. The molecule has 4 atom stereocenters. The van der Waals surface area contributed by atoms with Crippen molar-refractivity contribution in [3.05, 3.63) is 0 Å². The highest BCUT2D eigenvalue weighted by molar-refractivity contribution is 5.93. The molecule has 1 unspecified atom stereocenters. The van der Waals surface area contributed by atoms with E-state index in [4.69, 9.17) is 5.11 Å². The fourth-order valence-electron chi connectivity index (χ4n) is 3.85. The first kappa shape index (κ1) is 27.5. The van der Waals surface area contributed by atoms with Crippen LogP contribution in [0.4, 0.5) is 0 Å². The van der Waals surface area contributed by atoms with Crippen molar-refractivity contribution < 1.29 is 34.2 Å². The van der Waals surface area contributed by atoms with Crippen LogP contribution in [0.25, 0.3) is 0 Å². The summed E-state index contributed by atoms with van der Waals surface area (Å²) in [4.78, 5) is 59.1. The van der Waals surface area contributed by atoms with Gasteiger partial charge in [-0.3, -0.25) is 19.2 Å². The lowest BCUT2D eigenvalue weighted by atomic mass is 9.85. The van der Waals surface area contributed by atoms with Crippen LogP contribution in [0.2, 0.25) is 0 Å². The number of rotatable bonds is 13. The van der Waals surface area contributed by atoms with Gasteiger partial charge in [0.15, 0.2) is 0 Å². The summed E-state index contributed by atoms with van der Waals surface area (Å²) in [6.07, 6.45) is 4.41.